The maximum absolute atomic E-state index is 14.1. The van der Waals surface area contributed by atoms with Gasteiger partial charge in [-0.2, -0.15) is 0 Å². The van der Waals surface area contributed by atoms with Gasteiger partial charge in [0.05, 0.1) is 22.8 Å². The zero-order valence-electron chi connectivity index (χ0n) is 15.3. The fourth-order valence-electron chi connectivity index (χ4n) is 2.49. The second-order valence-electron chi connectivity index (χ2n) is 5.84. The van der Waals surface area contributed by atoms with E-state index in [1.807, 2.05) is 6.92 Å². The minimum absolute atomic E-state index is 0.0519. The number of amides is 1. The number of carbonyl (C=O) groups is 1. The third-order valence-corrected chi connectivity index (χ3v) is 3.84. The van der Waals surface area contributed by atoms with Gasteiger partial charge in [0.15, 0.2) is 0 Å². The molecule has 0 saturated heterocycles. The first-order chi connectivity index (χ1) is 12.8. The number of allylic oxidation sites excluding steroid dienone is 3. The average molecular weight is 372 g/mol. The second kappa shape index (κ2) is 8.93. The standard InChI is InChI=1S/C20H22F2N4O/c1-4-6-19(18(5-2)26-13-7-8-24-20(27)9-13)25-12(3)14-10-16(22)17(23)11-15(14)21/h4-6,9-11,26H,3,7-8,23H2,1-2H3,(H,24,27)/b6-4-,18-5-,25-19?. The van der Waals surface area contributed by atoms with Gasteiger partial charge in [-0.3, -0.25) is 4.79 Å². The molecule has 1 amide bonds. The molecule has 0 saturated carbocycles. The summed E-state index contributed by atoms with van der Waals surface area (Å²) in [5.41, 5.74) is 6.89. The highest BCUT2D eigenvalue weighted by atomic mass is 19.1. The number of rotatable bonds is 6. The average Bonchev–Trinajstić information content (AvgIpc) is 2.62. The first-order valence-corrected chi connectivity index (χ1v) is 8.43. The molecular weight excluding hydrogens is 350 g/mol. The molecule has 1 aromatic rings. The van der Waals surface area contributed by atoms with Crippen LogP contribution in [0, 0.1) is 11.6 Å². The van der Waals surface area contributed by atoms with Crippen LogP contribution in [0.5, 0.6) is 0 Å². The molecule has 0 aromatic heterocycles. The Labute approximate surface area is 157 Å². The van der Waals surface area contributed by atoms with Crippen LogP contribution in [-0.4, -0.2) is 18.2 Å². The Balaban J connectivity index is 2.36. The van der Waals surface area contributed by atoms with Crippen molar-refractivity contribution in [2.75, 3.05) is 12.3 Å². The summed E-state index contributed by atoms with van der Waals surface area (Å²) in [6, 6.07) is 1.88. The van der Waals surface area contributed by atoms with Crippen LogP contribution < -0.4 is 16.4 Å². The van der Waals surface area contributed by atoms with Crippen LogP contribution in [0.2, 0.25) is 0 Å². The van der Waals surface area contributed by atoms with Crippen LogP contribution in [-0.2, 0) is 4.79 Å². The SMILES string of the molecule is C=C(N=C(/C=C\C)/C(=C/C)NC1=CC(=O)NCC1)c1cc(F)c(N)cc1F. The summed E-state index contributed by atoms with van der Waals surface area (Å²) >= 11 is 0. The topological polar surface area (TPSA) is 79.5 Å². The molecule has 0 bridgehead atoms. The minimum Gasteiger partial charge on any atom is -0.396 e. The molecule has 2 rings (SSSR count). The molecule has 5 nitrogen and oxygen atoms in total. The monoisotopic (exact) mass is 372 g/mol. The molecule has 27 heavy (non-hydrogen) atoms. The molecule has 0 atom stereocenters. The van der Waals surface area contributed by atoms with E-state index in [4.69, 9.17) is 5.73 Å². The predicted octanol–water partition coefficient (Wildman–Crippen LogP) is 3.43. The van der Waals surface area contributed by atoms with Crippen LogP contribution in [0.4, 0.5) is 14.5 Å². The van der Waals surface area contributed by atoms with Gasteiger partial charge >= 0.3 is 0 Å². The fraction of sp³-hybridized carbons (Fsp3) is 0.200. The lowest BCUT2D eigenvalue weighted by Crippen LogP contribution is -2.32. The Hall–Kier alpha value is -3.22. The summed E-state index contributed by atoms with van der Waals surface area (Å²) in [5.74, 6) is -1.62. The Morgan fingerprint density at radius 2 is 2.07 bits per heavy atom. The number of halogens is 2. The number of hydrogen-bond acceptors (Lipinski definition) is 4. The number of nitrogens with zero attached hydrogens (tertiary/aromatic N) is 1. The van der Waals surface area contributed by atoms with E-state index in [9.17, 15) is 13.6 Å². The lowest BCUT2D eigenvalue weighted by atomic mass is 10.1. The number of aliphatic imine (C=N–C) groups is 1. The van der Waals surface area contributed by atoms with E-state index in [-0.39, 0.29) is 22.9 Å². The van der Waals surface area contributed by atoms with Crippen molar-refractivity contribution >= 4 is 23.0 Å². The van der Waals surface area contributed by atoms with Crippen molar-refractivity contribution in [3.05, 3.63) is 71.6 Å². The molecule has 1 heterocycles. The van der Waals surface area contributed by atoms with E-state index in [2.05, 4.69) is 22.2 Å². The van der Waals surface area contributed by atoms with Crippen molar-refractivity contribution in [2.45, 2.75) is 20.3 Å². The predicted molar refractivity (Wildman–Crippen MR) is 105 cm³/mol. The number of benzene rings is 1. The van der Waals surface area contributed by atoms with E-state index in [1.165, 1.54) is 6.08 Å². The van der Waals surface area contributed by atoms with Crippen molar-refractivity contribution in [3.63, 3.8) is 0 Å². The Morgan fingerprint density at radius 1 is 1.33 bits per heavy atom. The molecule has 1 aliphatic rings. The zero-order chi connectivity index (χ0) is 20.0. The highest BCUT2D eigenvalue weighted by Gasteiger charge is 2.14. The summed E-state index contributed by atoms with van der Waals surface area (Å²) in [6.07, 6.45) is 7.37. The van der Waals surface area contributed by atoms with Gasteiger partial charge in [-0.05, 0) is 26.0 Å². The van der Waals surface area contributed by atoms with E-state index in [0.29, 0.717) is 24.4 Å². The van der Waals surface area contributed by atoms with E-state index < -0.39 is 11.6 Å². The van der Waals surface area contributed by atoms with Crippen LogP contribution in [0.3, 0.4) is 0 Å². The van der Waals surface area contributed by atoms with Gasteiger partial charge < -0.3 is 16.4 Å². The summed E-state index contributed by atoms with van der Waals surface area (Å²) < 4.78 is 27.8. The fourth-order valence-corrected chi connectivity index (χ4v) is 2.49. The smallest absolute Gasteiger partial charge is 0.245 e. The molecule has 7 heteroatoms. The number of anilines is 1. The van der Waals surface area contributed by atoms with Gasteiger partial charge in [-0.1, -0.05) is 18.7 Å². The van der Waals surface area contributed by atoms with E-state index in [1.54, 1.807) is 25.2 Å². The van der Waals surface area contributed by atoms with Crippen molar-refractivity contribution in [1.29, 1.82) is 0 Å². The number of nitrogen functional groups attached to an aromatic ring is 1. The first-order valence-electron chi connectivity index (χ1n) is 8.43. The normalized spacial score (nSPS) is 15.6. The van der Waals surface area contributed by atoms with Gasteiger partial charge in [0, 0.05) is 36.4 Å². The highest BCUT2D eigenvalue weighted by Crippen LogP contribution is 2.24. The van der Waals surface area contributed by atoms with Gasteiger partial charge in [0.25, 0.3) is 0 Å². The molecule has 1 aliphatic heterocycles. The van der Waals surface area contributed by atoms with Crippen LogP contribution in [0.1, 0.15) is 25.8 Å². The molecule has 0 spiro atoms. The van der Waals surface area contributed by atoms with Gasteiger partial charge in [0.2, 0.25) is 5.91 Å². The Morgan fingerprint density at radius 3 is 2.70 bits per heavy atom. The van der Waals surface area contributed by atoms with E-state index in [0.717, 1.165) is 17.8 Å². The summed E-state index contributed by atoms with van der Waals surface area (Å²) in [4.78, 5) is 15.9. The quantitative estimate of drug-likeness (QED) is 0.529. The molecule has 4 N–H and O–H groups in total. The van der Waals surface area contributed by atoms with Gasteiger partial charge in [-0.15, -0.1) is 0 Å². The summed E-state index contributed by atoms with van der Waals surface area (Å²) in [7, 11) is 0. The molecule has 0 fully saturated rings. The summed E-state index contributed by atoms with van der Waals surface area (Å²) in [6.45, 7) is 7.90. The van der Waals surface area contributed by atoms with Crippen molar-refractivity contribution in [1.82, 2.24) is 10.6 Å². The molecular formula is C20H22F2N4O. The highest BCUT2D eigenvalue weighted by molar-refractivity contribution is 6.10. The number of nitrogens with two attached hydrogens (primary N) is 1. The number of carbonyl (C=O) groups excluding carboxylic acids is 1. The molecule has 0 radical (unpaired) electrons. The molecule has 1 aromatic carbocycles. The van der Waals surface area contributed by atoms with Crippen LogP contribution in [0.25, 0.3) is 5.70 Å². The maximum Gasteiger partial charge on any atom is 0.245 e. The van der Waals surface area contributed by atoms with E-state index >= 15 is 0 Å². The van der Waals surface area contributed by atoms with Gasteiger partial charge in [0.1, 0.15) is 11.6 Å². The van der Waals surface area contributed by atoms with Crippen molar-refractivity contribution in [2.24, 2.45) is 4.99 Å². The molecule has 0 unspecified atom stereocenters. The van der Waals surface area contributed by atoms with Crippen LogP contribution >= 0.6 is 0 Å². The number of hydrogen-bond donors (Lipinski definition) is 3. The van der Waals surface area contributed by atoms with Crippen LogP contribution in [0.15, 0.2) is 59.4 Å². The lowest BCUT2D eigenvalue weighted by Gasteiger charge is -2.18. The van der Waals surface area contributed by atoms with Crippen molar-refractivity contribution < 1.29 is 13.6 Å². The molecule has 0 aliphatic carbocycles. The largest absolute Gasteiger partial charge is 0.396 e. The Kier molecular flexibility index (Phi) is 6.65. The third-order valence-electron chi connectivity index (χ3n) is 3.84. The molecule has 142 valence electrons. The first kappa shape index (κ1) is 20.1. The second-order valence-corrected chi connectivity index (χ2v) is 5.84. The number of nitrogens with one attached hydrogen (secondary N) is 2. The Bertz CT molecular complexity index is 882. The van der Waals surface area contributed by atoms with Gasteiger partial charge in [-0.25, -0.2) is 13.8 Å². The van der Waals surface area contributed by atoms with Crippen molar-refractivity contribution in [3.8, 4) is 0 Å². The summed E-state index contributed by atoms with van der Waals surface area (Å²) in [5, 5.41) is 5.87. The minimum atomic E-state index is -0.738. The maximum atomic E-state index is 14.1. The zero-order valence-corrected chi connectivity index (χ0v) is 15.3. The lowest BCUT2D eigenvalue weighted by molar-refractivity contribution is -0.116. The third kappa shape index (κ3) is 5.13.